The van der Waals surface area contributed by atoms with Crippen LogP contribution in [0.5, 0.6) is 0 Å². The first-order valence-corrected chi connectivity index (χ1v) is 9.18. The van der Waals surface area contributed by atoms with Crippen LogP contribution in [0.4, 0.5) is 11.4 Å². The quantitative estimate of drug-likeness (QED) is 0.475. The lowest BCUT2D eigenvalue weighted by atomic mass is 10.1. The molecule has 3 rings (SSSR count). The average molecular weight is 377 g/mol. The molecule has 0 saturated carbocycles. The van der Waals surface area contributed by atoms with E-state index in [1.807, 2.05) is 67.4 Å². The van der Waals surface area contributed by atoms with Gasteiger partial charge in [0, 0.05) is 42.2 Å². The van der Waals surface area contributed by atoms with Crippen LogP contribution in [0.25, 0.3) is 10.8 Å². The number of non-ortho nitro benzene ring substituents is 1. The summed E-state index contributed by atoms with van der Waals surface area (Å²) in [5.41, 5.74) is 1.73. The van der Waals surface area contributed by atoms with E-state index in [0.717, 1.165) is 22.0 Å². The molecule has 0 saturated heterocycles. The molecule has 0 fully saturated rings. The Bertz CT molecular complexity index is 998. The van der Waals surface area contributed by atoms with Crippen molar-refractivity contribution in [3.8, 4) is 0 Å². The molecule has 0 aromatic heterocycles. The fourth-order valence-corrected chi connectivity index (χ4v) is 3.17. The van der Waals surface area contributed by atoms with E-state index < -0.39 is 4.92 Å². The standard InChI is InChI=1S/C22H23N3O3/c1-16(18-9-5-10-19(15-18)25(27)28)24(2)14-13-22(26)23-21-12-6-8-17-7-3-4-11-20(17)21/h3-12,15-16H,13-14H2,1-2H3,(H,23,26). The molecule has 144 valence electrons. The number of carbonyl (C=O) groups is 1. The Morgan fingerprint density at radius 1 is 1.11 bits per heavy atom. The van der Waals surface area contributed by atoms with Crippen LogP contribution >= 0.6 is 0 Å². The van der Waals surface area contributed by atoms with Crippen molar-refractivity contribution in [3.63, 3.8) is 0 Å². The lowest BCUT2D eigenvalue weighted by Crippen LogP contribution is -2.27. The molecule has 1 amide bonds. The fraction of sp³-hybridized carbons (Fsp3) is 0.227. The number of anilines is 1. The molecule has 0 bridgehead atoms. The van der Waals surface area contributed by atoms with Crippen molar-refractivity contribution in [2.75, 3.05) is 18.9 Å². The number of hydrogen-bond acceptors (Lipinski definition) is 4. The van der Waals surface area contributed by atoms with Crippen molar-refractivity contribution in [3.05, 3.63) is 82.4 Å². The molecule has 6 heteroatoms. The number of nitrogens with zero attached hydrogens (tertiary/aromatic N) is 2. The molecular weight excluding hydrogens is 354 g/mol. The molecule has 1 atom stereocenters. The fourth-order valence-electron chi connectivity index (χ4n) is 3.17. The second-order valence-corrected chi connectivity index (χ2v) is 6.83. The minimum atomic E-state index is -0.395. The van der Waals surface area contributed by atoms with Crippen LogP contribution in [0.1, 0.15) is 24.9 Å². The number of hydrogen-bond donors (Lipinski definition) is 1. The lowest BCUT2D eigenvalue weighted by molar-refractivity contribution is -0.384. The molecule has 1 N–H and O–H groups in total. The summed E-state index contributed by atoms with van der Waals surface area (Å²) >= 11 is 0. The molecule has 28 heavy (non-hydrogen) atoms. The third-order valence-corrected chi connectivity index (χ3v) is 4.98. The predicted octanol–water partition coefficient (Wildman–Crippen LogP) is 4.77. The van der Waals surface area contributed by atoms with Crippen LogP contribution in [0.15, 0.2) is 66.7 Å². The van der Waals surface area contributed by atoms with Gasteiger partial charge in [0.05, 0.1) is 4.92 Å². The summed E-state index contributed by atoms with van der Waals surface area (Å²) in [6, 6.07) is 20.3. The number of rotatable bonds is 7. The average Bonchev–Trinajstić information content (AvgIpc) is 2.71. The number of amides is 1. The monoisotopic (exact) mass is 377 g/mol. The van der Waals surface area contributed by atoms with E-state index in [1.54, 1.807) is 12.1 Å². The van der Waals surface area contributed by atoms with Gasteiger partial charge in [0.1, 0.15) is 0 Å². The van der Waals surface area contributed by atoms with E-state index in [4.69, 9.17) is 0 Å². The molecule has 0 radical (unpaired) electrons. The maximum absolute atomic E-state index is 12.4. The van der Waals surface area contributed by atoms with Crippen LogP contribution in [0, 0.1) is 10.1 Å². The topological polar surface area (TPSA) is 75.5 Å². The van der Waals surface area contributed by atoms with Crippen molar-refractivity contribution in [1.29, 1.82) is 0 Å². The number of nitro benzene ring substituents is 1. The third kappa shape index (κ3) is 4.53. The first-order valence-electron chi connectivity index (χ1n) is 9.18. The van der Waals surface area contributed by atoms with Crippen molar-refractivity contribution in [1.82, 2.24) is 4.90 Å². The minimum absolute atomic E-state index is 0.0368. The van der Waals surface area contributed by atoms with E-state index in [-0.39, 0.29) is 17.6 Å². The number of fused-ring (bicyclic) bond motifs is 1. The van der Waals surface area contributed by atoms with Gasteiger partial charge in [0.2, 0.25) is 5.91 Å². The maximum atomic E-state index is 12.4. The zero-order chi connectivity index (χ0) is 20.1. The zero-order valence-corrected chi connectivity index (χ0v) is 16.0. The van der Waals surface area contributed by atoms with E-state index >= 15 is 0 Å². The number of nitro groups is 1. The van der Waals surface area contributed by atoms with Gasteiger partial charge in [-0.25, -0.2) is 0 Å². The minimum Gasteiger partial charge on any atom is -0.325 e. The summed E-state index contributed by atoms with van der Waals surface area (Å²) in [4.78, 5) is 25.0. The molecule has 3 aromatic carbocycles. The molecule has 1 unspecified atom stereocenters. The maximum Gasteiger partial charge on any atom is 0.269 e. The van der Waals surface area contributed by atoms with Gasteiger partial charge in [0.25, 0.3) is 5.69 Å². The van der Waals surface area contributed by atoms with E-state index in [0.29, 0.717) is 13.0 Å². The highest BCUT2D eigenvalue weighted by atomic mass is 16.6. The van der Waals surface area contributed by atoms with Crippen molar-refractivity contribution >= 4 is 28.1 Å². The van der Waals surface area contributed by atoms with Gasteiger partial charge in [0.15, 0.2) is 0 Å². The predicted molar refractivity (Wildman–Crippen MR) is 111 cm³/mol. The Hall–Kier alpha value is -3.25. The van der Waals surface area contributed by atoms with Crippen molar-refractivity contribution in [2.45, 2.75) is 19.4 Å². The highest BCUT2D eigenvalue weighted by Gasteiger charge is 2.16. The van der Waals surface area contributed by atoms with Gasteiger partial charge in [-0.2, -0.15) is 0 Å². The Morgan fingerprint density at radius 3 is 2.61 bits per heavy atom. The van der Waals surface area contributed by atoms with Crippen LogP contribution in [0.2, 0.25) is 0 Å². The number of nitrogens with one attached hydrogen (secondary N) is 1. The largest absolute Gasteiger partial charge is 0.325 e. The van der Waals surface area contributed by atoms with Crippen LogP contribution in [0.3, 0.4) is 0 Å². The van der Waals surface area contributed by atoms with Crippen LogP contribution in [-0.2, 0) is 4.79 Å². The Kier molecular flexibility index (Phi) is 6.01. The van der Waals surface area contributed by atoms with E-state index in [9.17, 15) is 14.9 Å². The highest BCUT2D eigenvalue weighted by Crippen LogP contribution is 2.24. The van der Waals surface area contributed by atoms with Crippen molar-refractivity contribution < 1.29 is 9.72 Å². The van der Waals surface area contributed by atoms with Gasteiger partial charge in [-0.15, -0.1) is 0 Å². The Labute approximate surface area is 163 Å². The van der Waals surface area contributed by atoms with Crippen molar-refractivity contribution in [2.24, 2.45) is 0 Å². The molecule has 6 nitrogen and oxygen atoms in total. The lowest BCUT2D eigenvalue weighted by Gasteiger charge is -2.24. The summed E-state index contributed by atoms with van der Waals surface area (Å²) in [6.45, 7) is 2.52. The molecule has 3 aromatic rings. The van der Waals surface area contributed by atoms with Gasteiger partial charge in [-0.1, -0.05) is 48.5 Å². The molecular formula is C22H23N3O3. The first-order chi connectivity index (χ1) is 13.5. The number of carbonyl (C=O) groups excluding carboxylic acids is 1. The SMILES string of the molecule is CC(c1cccc([N+](=O)[O-])c1)N(C)CCC(=O)Nc1cccc2ccccc12. The van der Waals surface area contributed by atoms with Gasteiger partial charge in [-0.05, 0) is 31.0 Å². The summed E-state index contributed by atoms with van der Waals surface area (Å²) in [5, 5.41) is 16.0. The number of benzene rings is 3. The molecule has 0 aliphatic heterocycles. The molecule has 0 aliphatic carbocycles. The Balaban J connectivity index is 1.61. The first kappa shape index (κ1) is 19.5. The van der Waals surface area contributed by atoms with Gasteiger partial charge in [-0.3, -0.25) is 19.8 Å². The smallest absolute Gasteiger partial charge is 0.269 e. The normalized spacial score (nSPS) is 12.1. The molecule has 0 aliphatic rings. The third-order valence-electron chi connectivity index (χ3n) is 4.98. The molecule has 0 spiro atoms. The summed E-state index contributed by atoms with van der Waals surface area (Å²) in [7, 11) is 1.91. The van der Waals surface area contributed by atoms with Crippen LogP contribution < -0.4 is 5.32 Å². The summed E-state index contributed by atoms with van der Waals surface area (Å²) < 4.78 is 0. The van der Waals surface area contributed by atoms with E-state index in [1.165, 1.54) is 6.07 Å². The summed E-state index contributed by atoms with van der Waals surface area (Å²) in [6.07, 6.45) is 0.332. The summed E-state index contributed by atoms with van der Waals surface area (Å²) in [5.74, 6) is -0.0607. The Morgan fingerprint density at radius 2 is 1.82 bits per heavy atom. The van der Waals surface area contributed by atoms with Crippen LogP contribution in [-0.4, -0.2) is 29.3 Å². The molecule has 0 heterocycles. The van der Waals surface area contributed by atoms with Gasteiger partial charge < -0.3 is 5.32 Å². The second-order valence-electron chi connectivity index (χ2n) is 6.83. The second kappa shape index (κ2) is 8.63. The van der Waals surface area contributed by atoms with Gasteiger partial charge >= 0.3 is 0 Å². The zero-order valence-electron chi connectivity index (χ0n) is 16.0. The highest BCUT2D eigenvalue weighted by molar-refractivity contribution is 6.02. The van der Waals surface area contributed by atoms with E-state index in [2.05, 4.69) is 5.32 Å².